The lowest BCUT2D eigenvalue weighted by atomic mass is 10.1. The van der Waals surface area contributed by atoms with Gasteiger partial charge in [-0.2, -0.15) is 5.10 Å². The van der Waals surface area contributed by atoms with E-state index in [-0.39, 0.29) is 6.04 Å². The van der Waals surface area contributed by atoms with Crippen LogP contribution in [0.2, 0.25) is 0 Å². The highest BCUT2D eigenvalue weighted by molar-refractivity contribution is 5.77. The molecule has 0 unspecified atom stereocenters. The largest absolute Gasteiger partial charge is 0.490 e. The molecular formula is C19H22N4O2. The second-order valence-corrected chi connectivity index (χ2v) is 6.42. The van der Waals surface area contributed by atoms with E-state index in [2.05, 4.69) is 45.6 Å². The molecule has 25 heavy (non-hydrogen) atoms. The van der Waals surface area contributed by atoms with Crippen LogP contribution in [-0.4, -0.2) is 28.4 Å². The summed E-state index contributed by atoms with van der Waals surface area (Å²) in [5.74, 6) is 1.67. The molecule has 0 radical (unpaired) electrons. The topological polar surface area (TPSA) is 72.1 Å². The SMILES string of the molecule is Cc1[nH]nc2ncc(CN[C@@H](C)c3ccc4c(c3)OCCCO4)cc12. The average molecular weight is 338 g/mol. The van der Waals surface area contributed by atoms with Crippen molar-refractivity contribution in [3.05, 3.63) is 47.3 Å². The molecule has 3 heterocycles. The highest BCUT2D eigenvalue weighted by Crippen LogP contribution is 2.32. The van der Waals surface area contributed by atoms with Crippen LogP contribution in [-0.2, 0) is 6.54 Å². The Bertz CT molecular complexity index is 890. The number of ether oxygens (including phenoxy) is 2. The number of nitrogens with one attached hydrogen (secondary N) is 2. The fourth-order valence-electron chi connectivity index (χ4n) is 3.00. The van der Waals surface area contributed by atoms with Gasteiger partial charge in [0.25, 0.3) is 0 Å². The van der Waals surface area contributed by atoms with Gasteiger partial charge in [-0.05, 0) is 43.2 Å². The minimum Gasteiger partial charge on any atom is -0.490 e. The van der Waals surface area contributed by atoms with Crippen LogP contribution in [0.25, 0.3) is 11.0 Å². The fourth-order valence-corrected chi connectivity index (χ4v) is 3.00. The van der Waals surface area contributed by atoms with E-state index in [0.29, 0.717) is 13.2 Å². The monoisotopic (exact) mass is 338 g/mol. The predicted octanol–water partition coefficient (Wildman–Crippen LogP) is 3.28. The molecule has 0 amide bonds. The zero-order chi connectivity index (χ0) is 17.2. The Morgan fingerprint density at radius 1 is 1.20 bits per heavy atom. The number of rotatable bonds is 4. The fraction of sp³-hybridized carbons (Fsp3) is 0.368. The number of nitrogens with zero attached hydrogens (tertiary/aromatic N) is 2. The first-order chi connectivity index (χ1) is 12.2. The lowest BCUT2D eigenvalue weighted by molar-refractivity contribution is 0.297. The quantitative estimate of drug-likeness (QED) is 0.764. The van der Waals surface area contributed by atoms with E-state index in [4.69, 9.17) is 9.47 Å². The van der Waals surface area contributed by atoms with Gasteiger partial charge in [-0.25, -0.2) is 4.98 Å². The molecule has 2 N–H and O–H groups in total. The molecule has 0 aliphatic carbocycles. The van der Waals surface area contributed by atoms with E-state index in [1.54, 1.807) is 0 Å². The van der Waals surface area contributed by atoms with Gasteiger partial charge in [-0.3, -0.25) is 5.10 Å². The Kier molecular flexibility index (Phi) is 4.28. The van der Waals surface area contributed by atoms with Crippen LogP contribution < -0.4 is 14.8 Å². The molecule has 0 saturated carbocycles. The Labute approximate surface area is 146 Å². The molecule has 6 heteroatoms. The van der Waals surface area contributed by atoms with Crippen molar-refractivity contribution in [1.82, 2.24) is 20.5 Å². The van der Waals surface area contributed by atoms with E-state index in [0.717, 1.165) is 46.8 Å². The summed E-state index contributed by atoms with van der Waals surface area (Å²) in [5, 5.41) is 11.8. The van der Waals surface area contributed by atoms with Crippen LogP contribution in [0.5, 0.6) is 11.5 Å². The van der Waals surface area contributed by atoms with Crippen molar-refractivity contribution in [3.63, 3.8) is 0 Å². The molecule has 0 bridgehead atoms. The number of aromatic nitrogens is 3. The molecule has 4 rings (SSSR count). The molecule has 0 saturated heterocycles. The van der Waals surface area contributed by atoms with Crippen molar-refractivity contribution < 1.29 is 9.47 Å². The second kappa shape index (κ2) is 6.72. The number of hydrogen-bond donors (Lipinski definition) is 2. The summed E-state index contributed by atoms with van der Waals surface area (Å²) in [6, 6.07) is 8.48. The van der Waals surface area contributed by atoms with Crippen LogP contribution in [0, 0.1) is 6.92 Å². The highest BCUT2D eigenvalue weighted by atomic mass is 16.5. The van der Waals surface area contributed by atoms with Crippen LogP contribution in [0.15, 0.2) is 30.5 Å². The summed E-state index contributed by atoms with van der Waals surface area (Å²) in [7, 11) is 0. The number of benzene rings is 1. The Morgan fingerprint density at radius 2 is 2.04 bits per heavy atom. The van der Waals surface area contributed by atoms with Crippen molar-refractivity contribution >= 4 is 11.0 Å². The smallest absolute Gasteiger partial charge is 0.181 e. The summed E-state index contributed by atoms with van der Waals surface area (Å²) in [5.41, 5.74) is 4.12. The Morgan fingerprint density at radius 3 is 2.92 bits per heavy atom. The number of H-pyrrole nitrogens is 1. The molecule has 0 spiro atoms. The summed E-state index contributed by atoms with van der Waals surface area (Å²) >= 11 is 0. The summed E-state index contributed by atoms with van der Waals surface area (Å²) < 4.78 is 11.5. The van der Waals surface area contributed by atoms with E-state index in [1.165, 1.54) is 5.56 Å². The molecule has 3 aromatic rings. The summed E-state index contributed by atoms with van der Waals surface area (Å²) in [6.45, 7) is 6.31. The van der Waals surface area contributed by atoms with Crippen molar-refractivity contribution in [2.75, 3.05) is 13.2 Å². The maximum atomic E-state index is 5.78. The van der Waals surface area contributed by atoms with Gasteiger partial charge < -0.3 is 14.8 Å². The van der Waals surface area contributed by atoms with Crippen molar-refractivity contribution in [1.29, 1.82) is 0 Å². The van der Waals surface area contributed by atoms with Gasteiger partial charge in [0, 0.05) is 36.3 Å². The zero-order valence-electron chi connectivity index (χ0n) is 14.5. The number of hydrogen-bond acceptors (Lipinski definition) is 5. The van der Waals surface area contributed by atoms with Crippen LogP contribution in [0.3, 0.4) is 0 Å². The van der Waals surface area contributed by atoms with Crippen LogP contribution in [0.1, 0.15) is 36.2 Å². The zero-order valence-corrected chi connectivity index (χ0v) is 14.5. The van der Waals surface area contributed by atoms with Crippen LogP contribution >= 0.6 is 0 Å². The maximum absolute atomic E-state index is 5.78. The van der Waals surface area contributed by atoms with Gasteiger partial charge in [-0.15, -0.1) is 0 Å². The Hall–Kier alpha value is -2.60. The lowest BCUT2D eigenvalue weighted by Crippen LogP contribution is -2.18. The number of aromatic amines is 1. The number of pyridine rings is 1. The summed E-state index contributed by atoms with van der Waals surface area (Å²) in [6.07, 6.45) is 2.79. The normalized spacial score (nSPS) is 15.1. The summed E-state index contributed by atoms with van der Waals surface area (Å²) in [4.78, 5) is 4.40. The Balaban J connectivity index is 1.46. The minimum absolute atomic E-state index is 0.193. The molecule has 1 aromatic carbocycles. The molecule has 1 aliphatic rings. The second-order valence-electron chi connectivity index (χ2n) is 6.42. The van der Waals surface area contributed by atoms with E-state index in [1.807, 2.05) is 19.2 Å². The van der Waals surface area contributed by atoms with Crippen molar-refractivity contribution in [2.45, 2.75) is 32.9 Å². The lowest BCUT2D eigenvalue weighted by Gasteiger charge is -2.16. The first-order valence-corrected chi connectivity index (χ1v) is 8.63. The predicted molar refractivity (Wildman–Crippen MR) is 95.9 cm³/mol. The molecule has 130 valence electrons. The van der Waals surface area contributed by atoms with Crippen LogP contribution in [0.4, 0.5) is 0 Å². The van der Waals surface area contributed by atoms with Gasteiger partial charge in [0.15, 0.2) is 17.1 Å². The van der Waals surface area contributed by atoms with Crippen molar-refractivity contribution in [2.24, 2.45) is 0 Å². The molecule has 6 nitrogen and oxygen atoms in total. The molecule has 1 atom stereocenters. The van der Waals surface area contributed by atoms with E-state index in [9.17, 15) is 0 Å². The third-order valence-electron chi connectivity index (χ3n) is 4.54. The van der Waals surface area contributed by atoms with Gasteiger partial charge in [-0.1, -0.05) is 6.07 Å². The van der Waals surface area contributed by atoms with E-state index >= 15 is 0 Å². The maximum Gasteiger partial charge on any atom is 0.181 e. The van der Waals surface area contributed by atoms with Gasteiger partial charge in [0.2, 0.25) is 0 Å². The number of aryl methyl sites for hydroxylation is 1. The molecule has 2 aromatic heterocycles. The molecular weight excluding hydrogens is 316 g/mol. The molecule has 0 fully saturated rings. The van der Waals surface area contributed by atoms with Crippen molar-refractivity contribution in [3.8, 4) is 11.5 Å². The first-order valence-electron chi connectivity index (χ1n) is 8.63. The van der Waals surface area contributed by atoms with Gasteiger partial charge in [0.05, 0.1) is 13.2 Å². The van der Waals surface area contributed by atoms with Gasteiger partial charge >= 0.3 is 0 Å². The number of fused-ring (bicyclic) bond motifs is 2. The third kappa shape index (κ3) is 3.30. The first kappa shape index (κ1) is 15.9. The standard InChI is InChI=1S/C19H22N4O2/c1-12(15-4-5-17-18(9-15)25-7-3-6-24-17)20-10-14-8-16-13(2)22-23-19(16)21-11-14/h4-5,8-9,11-12,20H,3,6-7,10H2,1-2H3,(H,21,22,23)/t12-/m0/s1. The molecule has 1 aliphatic heterocycles. The third-order valence-corrected chi connectivity index (χ3v) is 4.54. The highest BCUT2D eigenvalue weighted by Gasteiger charge is 2.14. The van der Waals surface area contributed by atoms with Gasteiger partial charge in [0.1, 0.15) is 0 Å². The van der Waals surface area contributed by atoms with E-state index < -0.39 is 0 Å². The minimum atomic E-state index is 0.193. The average Bonchev–Trinajstić information content (AvgIpc) is 2.85.